The molecular formula is C21H26N2O7. The molecule has 0 saturated carbocycles. The summed E-state index contributed by atoms with van der Waals surface area (Å²) in [6.45, 7) is 5.61. The topological polar surface area (TPSA) is 128 Å². The number of carbonyl (C=O) groups excluding carboxylic acids is 2. The fraction of sp³-hybridized carbons (Fsp3) is 0.333. The molecule has 1 amide bonds. The predicted molar refractivity (Wildman–Crippen MR) is 112 cm³/mol. The number of benzene rings is 2. The highest BCUT2D eigenvalue weighted by molar-refractivity contribution is 6.07. The maximum Gasteiger partial charge on any atom is 0.337 e. The van der Waals surface area contributed by atoms with Gasteiger partial charge in [-0.1, -0.05) is 27.2 Å². The van der Waals surface area contributed by atoms with Crippen LogP contribution in [0, 0.1) is 10.1 Å². The van der Waals surface area contributed by atoms with Gasteiger partial charge in [-0.25, -0.2) is 4.79 Å². The minimum atomic E-state index is -0.704. The van der Waals surface area contributed by atoms with Crippen LogP contribution in [-0.2, 0) is 16.0 Å². The van der Waals surface area contributed by atoms with E-state index in [1.54, 1.807) is 0 Å². The Labute approximate surface area is 174 Å². The van der Waals surface area contributed by atoms with E-state index in [0.29, 0.717) is 17.7 Å². The number of nitro benzene ring substituents is 1. The average molecular weight is 418 g/mol. The summed E-state index contributed by atoms with van der Waals surface area (Å²) in [5, 5.41) is 23.3. The number of amides is 1. The molecule has 0 radical (unpaired) electrons. The quantitative estimate of drug-likeness (QED) is 0.286. The number of esters is 1. The van der Waals surface area contributed by atoms with E-state index in [0.717, 1.165) is 12.5 Å². The van der Waals surface area contributed by atoms with Crippen molar-refractivity contribution in [1.29, 1.82) is 0 Å². The number of methoxy groups -OCH3 is 1. The number of aromatic hydroxyl groups is 1. The lowest BCUT2D eigenvalue weighted by molar-refractivity contribution is -0.384. The molecule has 9 nitrogen and oxygen atoms in total. The highest BCUT2D eigenvalue weighted by Gasteiger charge is 2.19. The summed E-state index contributed by atoms with van der Waals surface area (Å²) in [6, 6.07) is 7.87. The maximum atomic E-state index is 12.7. The lowest BCUT2D eigenvalue weighted by Gasteiger charge is -2.13. The molecule has 2 aromatic carbocycles. The summed E-state index contributed by atoms with van der Waals surface area (Å²) >= 11 is 0. The molecule has 0 aliphatic rings. The molecule has 0 aliphatic heterocycles. The zero-order chi connectivity index (χ0) is 22.7. The van der Waals surface area contributed by atoms with Crippen LogP contribution in [0.1, 0.15) is 43.1 Å². The molecule has 0 aromatic heterocycles. The average Bonchev–Trinajstić information content (AvgIpc) is 2.72. The van der Waals surface area contributed by atoms with Crippen LogP contribution in [0.25, 0.3) is 0 Å². The molecule has 162 valence electrons. The Morgan fingerprint density at radius 1 is 1.17 bits per heavy atom. The first-order valence-corrected chi connectivity index (χ1v) is 9.47. The molecule has 2 aromatic rings. The molecule has 0 fully saturated rings. The van der Waals surface area contributed by atoms with E-state index in [-0.39, 0.29) is 29.4 Å². The first-order chi connectivity index (χ1) is 14.3. The predicted octanol–water partition coefficient (Wildman–Crippen LogP) is 4.08. The fourth-order valence-electron chi connectivity index (χ4n) is 2.54. The van der Waals surface area contributed by atoms with Crippen LogP contribution in [0.3, 0.4) is 0 Å². The summed E-state index contributed by atoms with van der Waals surface area (Å²) < 4.78 is 9.79. The van der Waals surface area contributed by atoms with Crippen LogP contribution < -0.4 is 10.1 Å². The number of nitrogens with zero attached hydrogens (tertiary/aromatic N) is 1. The van der Waals surface area contributed by atoms with Gasteiger partial charge in [0.2, 0.25) is 0 Å². The molecule has 9 heteroatoms. The lowest BCUT2D eigenvalue weighted by Crippen LogP contribution is -2.19. The van der Waals surface area contributed by atoms with Crippen molar-refractivity contribution in [3.63, 3.8) is 0 Å². The number of phenolic OH excluding ortho intramolecular Hbond substituents is 1. The minimum absolute atomic E-state index is 0.0451. The van der Waals surface area contributed by atoms with E-state index >= 15 is 0 Å². The zero-order valence-electron chi connectivity index (χ0n) is 17.4. The number of rotatable bonds is 8. The third kappa shape index (κ3) is 6.85. The van der Waals surface area contributed by atoms with Crippen molar-refractivity contribution < 1.29 is 29.1 Å². The second kappa shape index (κ2) is 12.2. The van der Waals surface area contributed by atoms with Gasteiger partial charge in [-0.05, 0) is 36.2 Å². The van der Waals surface area contributed by atoms with E-state index in [9.17, 15) is 24.8 Å². The number of aryl methyl sites for hydroxylation is 1. The molecule has 30 heavy (non-hydrogen) atoms. The van der Waals surface area contributed by atoms with Gasteiger partial charge in [0.05, 0.1) is 10.5 Å². The number of carbonyl (C=O) groups is 2. The molecule has 0 unspecified atom stereocenters. The van der Waals surface area contributed by atoms with Crippen LogP contribution in [0.5, 0.6) is 11.5 Å². The Morgan fingerprint density at radius 2 is 1.87 bits per heavy atom. The van der Waals surface area contributed by atoms with E-state index in [1.807, 2.05) is 20.8 Å². The number of phenols is 1. The number of nitro groups is 1. The van der Waals surface area contributed by atoms with E-state index < -0.39 is 16.8 Å². The zero-order valence-corrected chi connectivity index (χ0v) is 17.4. The Morgan fingerprint density at radius 3 is 2.47 bits per heavy atom. The van der Waals surface area contributed by atoms with Crippen molar-refractivity contribution >= 4 is 23.3 Å². The van der Waals surface area contributed by atoms with Gasteiger partial charge in [-0.15, -0.1) is 0 Å². The van der Waals surface area contributed by atoms with Gasteiger partial charge in [0.25, 0.3) is 11.6 Å². The second-order valence-corrected chi connectivity index (χ2v) is 5.89. The van der Waals surface area contributed by atoms with Gasteiger partial charge in [-0.3, -0.25) is 14.9 Å². The molecule has 2 N–H and O–H groups in total. The van der Waals surface area contributed by atoms with Crippen molar-refractivity contribution in [2.75, 3.05) is 19.0 Å². The minimum Gasteiger partial charge on any atom is -0.508 e. The Bertz CT molecular complexity index is 897. The van der Waals surface area contributed by atoms with Crippen LogP contribution in [0.2, 0.25) is 0 Å². The van der Waals surface area contributed by atoms with Gasteiger partial charge in [0.15, 0.2) is 0 Å². The number of hydrogen-bond donors (Lipinski definition) is 2. The van der Waals surface area contributed by atoms with Gasteiger partial charge in [0.1, 0.15) is 18.1 Å². The molecule has 2 rings (SSSR count). The third-order valence-electron chi connectivity index (χ3n) is 3.76. The van der Waals surface area contributed by atoms with Crippen LogP contribution >= 0.6 is 0 Å². The van der Waals surface area contributed by atoms with Crippen LogP contribution in [0.15, 0.2) is 36.4 Å². The number of nitrogens with one attached hydrogen (secondary N) is 1. The summed E-state index contributed by atoms with van der Waals surface area (Å²) in [5.74, 6) is -1.57. The smallest absolute Gasteiger partial charge is 0.337 e. The fourth-order valence-corrected chi connectivity index (χ4v) is 2.54. The monoisotopic (exact) mass is 418 g/mol. The normalized spacial score (nSPS) is 9.87. The molecular weight excluding hydrogens is 392 g/mol. The van der Waals surface area contributed by atoms with Gasteiger partial charge >= 0.3 is 5.97 Å². The summed E-state index contributed by atoms with van der Waals surface area (Å²) in [4.78, 5) is 34.9. The molecule has 0 bridgehead atoms. The largest absolute Gasteiger partial charge is 0.508 e. The number of ether oxygens (including phenoxy) is 2. The highest BCUT2D eigenvalue weighted by Crippen LogP contribution is 2.27. The Balaban J connectivity index is 0.00000218. The van der Waals surface area contributed by atoms with E-state index in [4.69, 9.17) is 4.74 Å². The lowest BCUT2D eigenvalue weighted by atomic mass is 10.1. The Hall–Kier alpha value is -3.46. The van der Waals surface area contributed by atoms with Gasteiger partial charge in [-0.2, -0.15) is 0 Å². The first-order valence-electron chi connectivity index (χ1n) is 9.47. The number of non-ortho nitro benzene ring substituents is 1. The van der Waals surface area contributed by atoms with Crippen LogP contribution in [-0.4, -0.2) is 35.6 Å². The third-order valence-corrected chi connectivity index (χ3v) is 3.76. The van der Waals surface area contributed by atoms with Crippen molar-refractivity contribution in [2.24, 2.45) is 0 Å². The summed E-state index contributed by atoms with van der Waals surface area (Å²) in [5.41, 5.74) is 0.858. The molecule has 0 aliphatic carbocycles. The van der Waals surface area contributed by atoms with E-state index in [1.165, 1.54) is 37.4 Å². The number of hydrogen-bond acceptors (Lipinski definition) is 7. The number of anilines is 1. The van der Waals surface area contributed by atoms with Gasteiger partial charge in [0, 0.05) is 24.9 Å². The van der Waals surface area contributed by atoms with E-state index in [2.05, 4.69) is 10.1 Å². The summed E-state index contributed by atoms with van der Waals surface area (Å²) in [6.07, 6.45) is 1.24. The maximum absolute atomic E-state index is 12.7. The summed E-state index contributed by atoms with van der Waals surface area (Å²) in [7, 11) is 1.33. The molecule has 0 saturated heterocycles. The molecule has 0 heterocycles. The molecule has 0 atom stereocenters. The SMILES string of the molecule is CC.CCCc1cc([N+](=O)[O-])ccc1NC(=O)c1cc(O)ccc1OC(=O)COC. The van der Waals surface area contributed by atoms with Crippen molar-refractivity contribution in [1.82, 2.24) is 0 Å². The van der Waals surface area contributed by atoms with Crippen molar-refractivity contribution in [3.05, 3.63) is 57.6 Å². The van der Waals surface area contributed by atoms with Gasteiger partial charge < -0.3 is 19.9 Å². The Kier molecular flexibility index (Phi) is 9.98. The highest BCUT2D eigenvalue weighted by atomic mass is 16.6. The van der Waals surface area contributed by atoms with Crippen LogP contribution in [0.4, 0.5) is 11.4 Å². The van der Waals surface area contributed by atoms with Crippen molar-refractivity contribution in [3.8, 4) is 11.5 Å². The van der Waals surface area contributed by atoms with Crippen molar-refractivity contribution in [2.45, 2.75) is 33.6 Å². The first kappa shape index (κ1) is 24.6. The standard InChI is InChI=1S/C19H20N2O7.C2H6/c1-3-4-12-9-13(21(25)26)5-7-16(12)20-19(24)15-10-14(22)6-8-17(15)28-18(23)11-27-2;1-2/h5-10,22H,3-4,11H2,1-2H3,(H,20,24);1-2H3. The molecule has 0 spiro atoms. The second-order valence-electron chi connectivity index (χ2n) is 5.89.